The van der Waals surface area contributed by atoms with Crippen molar-refractivity contribution in [3.05, 3.63) is 24.0 Å². The van der Waals surface area contributed by atoms with Gasteiger partial charge in [0.15, 0.2) is 0 Å². The third-order valence-corrected chi connectivity index (χ3v) is 2.04. The minimum absolute atomic E-state index is 0.617. The van der Waals surface area contributed by atoms with Crippen LogP contribution in [0.15, 0.2) is 18.5 Å². The molecule has 0 unspecified atom stereocenters. The van der Waals surface area contributed by atoms with Gasteiger partial charge in [0.2, 0.25) is 0 Å². The van der Waals surface area contributed by atoms with Crippen LogP contribution in [0.3, 0.4) is 0 Å². The molecule has 0 radical (unpaired) electrons. The lowest BCUT2D eigenvalue weighted by Gasteiger charge is -2.08. The van der Waals surface area contributed by atoms with E-state index in [9.17, 15) is 0 Å². The number of anilines is 1. The fourth-order valence-corrected chi connectivity index (χ4v) is 1.22. The Morgan fingerprint density at radius 2 is 2.31 bits per heavy atom. The highest BCUT2D eigenvalue weighted by Gasteiger charge is 1.99. The van der Waals surface area contributed by atoms with Gasteiger partial charge in [-0.15, -0.1) is 0 Å². The van der Waals surface area contributed by atoms with Crippen LogP contribution in [0, 0.1) is 11.3 Å². The Bertz CT molecular complexity index is 348. The first-order valence-corrected chi connectivity index (χ1v) is 5.16. The number of ether oxygens (including phenoxy) is 1. The molecule has 5 nitrogen and oxygen atoms in total. The maximum absolute atomic E-state index is 8.84. The van der Waals surface area contributed by atoms with Crippen LogP contribution < -0.4 is 10.6 Å². The Hall–Kier alpha value is -1.64. The molecular formula is C11H16N4O. The maximum atomic E-state index is 8.84. The number of hydrogen-bond donors (Lipinski definition) is 2. The van der Waals surface area contributed by atoms with Crippen LogP contribution in [0.5, 0.6) is 0 Å². The average Bonchev–Trinajstić information content (AvgIpc) is 2.34. The van der Waals surface area contributed by atoms with E-state index in [1.54, 1.807) is 25.6 Å². The van der Waals surface area contributed by atoms with Gasteiger partial charge in [-0.25, -0.2) is 0 Å². The second-order valence-corrected chi connectivity index (χ2v) is 3.20. The molecule has 16 heavy (non-hydrogen) atoms. The van der Waals surface area contributed by atoms with Crippen molar-refractivity contribution < 1.29 is 4.74 Å². The summed E-state index contributed by atoms with van der Waals surface area (Å²) in [5.41, 5.74) is 1.39. The number of aromatic nitrogens is 1. The predicted octanol–water partition coefficient (Wildman–Crippen LogP) is 0.601. The van der Waals surface area contributed by atoms with Gasteiger partial charge in [-0.1, -0.05) is 0 Å². The molecule has 0 saturated heterocycles. The minimum atomic E-state index is 0.617. The zero-order valence-corrected chi connectivity index (χ0v) is 9.36. The summed E-state index contributed by atoms with van der Waals surface area (Å²) in [6.07, 6.45) is 3.27. The zero-order chi connectivity index (χ0) is 11.6. The predicted molar refractivity (Wildman–Crippen MR) is 62.2 cm³/mol. The van der Waals surface area contributed by atoms with Gasteiger partial charge < -0.3 is 15.4 Å². The topological polar surface area (TPSA) is 70.0 Å². The SMILES string of the molecule is COCCNCCNc1cnccc1C#N. The number of nitrogens with one attached hydrogen (secondary N) is 2. The lowest BCUT2D eigenvalue weighted by atomic mass is 10.2. The maximum Gasteiger partial charge on any atom is 0.101 e. The first-order chi connectivity index (χ1) is 7.88. The summed E-state index contributed by atoms with van der Waals surface area (Å²) < 4.78 is 4.91. The van der Waals surface area contributed by atoms with E-state index in [1.807, 2.05) is 0 Å². The fraction of sp³-hybridized carbons (Fsp3) is 0.455. The largest absolute Gasteiger partial charge is 0.383 e. The number of nitrogens with zero attached hydrogens (tertiary/aromatic N) is 2. The van der Waals surface area contributed by atoms with E-state index >= 15 is 0 Å². The van der Waals surface area contributed by atoms with Crippen molar-refractivity contribution in [1.82, 2.24) is 10.3 Å². The van der Waals surface area contributed by atoms with Crippen molar-refractivity contribution in [1.29, 1.82) is 5.26 Å². The Morgan fingerprint density at radius 3 is 3.06 bits per heavy atom. The highest BCUT2D eigenvalue weighted by Crippen LogP contribution is 2.10. The van der Waals surface area contributed by atoms with Crippen LogP contribution in [0.4, 0.5) is 5.69 Å². The Morgan fingerprint density at radius 1 is 1.44 bits per heavy atom. The molecular weight excluding hydrogens is 204 g/mol. The third kappa shape index (κ3) is 4.26. The molecule has 0 saturated carbocycles. The van der Waals surface area contributed by atoms with Crippen LogP contribution in [0.1, 0.15) is 5.56 Å². The lowest BCUT2D eigenvalue weighted by molar-refractivity contribution is 0.200. The van der Waals surface area contributed by atoms with Gasteiger partial charge in [0.1, 0.15) is 6.07 Å². The van der Waals surface area contributed by atoms with E-state index in [4.69, 9.17) is 10.00 Å². The molecule has 5 heteroatoms. The highest BCUT2D eigenvalue weighted by molar-refractivity contribution is 5.55. The zero-order valence-electron chi connectivity index (χ0n) is 9.36. The minimum Gasteiger partial charge on any atom is -0.383 e. The number of pyridine rings is 1. The van der Waals surface area contributed by atoms with E-state index < -0.39 is 0 Å². The molecule has 86 valence electrons. The second kappa shape index (κ2) is 7.63. The van der Waals surface area contributed by atoms with E-state index in [0.29, 0.717) is 12.2 Å². The van der Waals surface area contributed by atoms with Crippen LogP contribution in [-0.2, 0) is 4.74 Å². The molecule has 0 aliphatic heterocycles. The number of methoxy groups -OCH3 is 1. The van der Waals surface area contributed by atoms with Crippen LogP contribution in [0.25, 0.3) is 0 Å². The molecule has 1 heterocycles. The summed E-state index contributed by atoms with van der Waals surface area (Å²) >= 11 is 0. The van der Waals surface area contributed by atoms with Crippen LogP contribution >= 0.6 is 0 Å². The van der Waals surface area contributed by atoms with Gasteiger partial charge >= 0.3 is 0 Å². The normalized spacial score (nSPS) is 9.75. The summed E-state index contributed by atoms with van der Waals surface area (Å²) in [7, 11) is 1.68. The Labute approximate surface area is 95.4 Å². The van der Waals surface area contributed by atoms with Gasteiger partial charge in [0.05, 0.1) is 24.1 Å². The summed E-state index contributed by atoms with van der Waals surface area (Å²) in [5.74, 6) is 0. The van der Waals surface area contributed by atoms with Gasteiger partial charge in [-0.3, -0.25) is 4.98 Å². The van der Waals surface area contributed by atoms with Gasteiger partial charge in [0, 0.05) is 32.9 Å². The van der Waals surface area contributed by atoms with Crippen molar-refractivity contribution in [2.75, 3.05) is 38.7 Å². The molecule has 0 aromatic carbocycles. The number of nitriles is 1. The molecule has 2 N–H and O–H groups in total. The molecule has 0 fully saturated rings. The molecule has 0 amide bonds. The lowest BCUT2D eigenvalue weighted by Crippen LogP contribution is -2.25. The molecule has 1 aromatic heterocycles. The molecule has 1 rings (SSSR count). The summed E-state index contributed by atoms with van der Waals surface area (Å²) in [6, 6.07) is 3.81. The molecule has 1 aromatic rings. The summed E-state index contributed by atoms with van der Waals surface area (Å²) in [5, 5.41) is 15.2. The van der Waals surface area contributed by atoms with Crippen molar-refractivity contribution in [3.63, 3.8) is 0 Å². The van der Waals surface area contributed by atoms with Crippen molar-refractivity contribution in [3.8, 4) is 6.07 Å². The smallest absolute Gasteiger partial charge is 0.101 e. The number of rotatable bonds is 7. The van der Waals surface area contributed by atoms with Crippen molar-refractivity contribution in [2.24, 2.45) is 0 Å². The van der Waals surface area contributed by atoms with Crippen molar-refractivity contribution >= 4 is 5.69 Å². The van der Waals surface area contributed by atoms with E-state index in [0.717, 1.165) is 25.3 Å². The summed E-state index contributed by atoms with van der Waals surface area (Å²) in [6.45, 7) is 3.11. The van der Waals surface area contributed by atoms with Gasteiger partial charge in [-0.05, 0) is 6.07 Å². The van der Waals surface area contributed by atoms with Crippen molar-refractivity contribution in [2.45, 2.75) is 0 Å². The fourth-order valence-electron chi connectivity index (χ4n) is 1.22. The first-order valence-electron chi connectivity index (χ1n) is 5.16. The monoisotopic (exact) mass is 220 g/mol. The highest BCUT2D eigenvalue weighted by atomic mass is 16.5. The van der Waals surface area contributed by atoms with E-state index in [1.165, 1.54) is 0 Å². The first kappa shape index (κ1) is 12.4. The molecule has 0 aliphatic carbocycles. The second-order valence-electron chi connectivity index (χ2n) is 3.20. The standard InChI is InChI=1S/C11H16N4O/c1-16-7-6-13-4-5-15-11-9-14-3-2-10(11)8-12/h2-3,9,13,15H,4-7H2,1H3. The van der Waals surface area contributed by atoms with E-state index in [2.05, 4.69) is 21.7 Å². The van der Waals surface area contributed by atoms with E-state index in [-0.39, 0.29) is 0 Å². The van der Waals surface area contributed by atoms with Crippen LogP contribution in [0.2, 0.25) is 0 Å². The van der Waals surface area contributed by atoms with Crippen LogP contribution in [-0.4, -0.2) is 38.3 Å². The number of hydrogen-bond acceptors (Lipinski definition) is 5. The third-order valence-electron chi connectivity index (χ3n) is 2.04. The molecule has 0 spiro atoms. The molecule has 0 aliphatic rings. The quantitative estimate of drug-likeness (QED) is 0.658. The molecule has 0 bridgehead atoms. The Balaban J connectivity index is 2.24. The van der Waals surface area contributed by atoms with Gasteiger partial charge in [-0.2, -0.15) is 5.26 Å². The summed E-state index contributed by atoms with van der Waals surface area (Å²) in [4.78, 5) is 3.97. The average molecular weight is 220 g/mol. The molecule has 0 atom stereocenters. The Kier molecular flexibility index (Phi) is 5.92. The van der Waals surface area contributed by atoms with Gasteiger partial charge in [0.25, 0.3) is 0 Å².